The average Bonchev–Trinajstić information content (AvgIpc) is 3.02. The van der Waals surface area contributed by atoms with Crippen LogP contribution in [0.3, 0.4) is 0 Å². The van der Waals surface area contributed by atoms with Gasteiger partial charge < -0.3 is 15.8 Å². The van der Waals surface area contributed by atoms with Crippen LogP contribution in [0.2, 0.25) is 0 Å². The summed E-state index contributed by atoms with van der Waals surface area (Å²) in [5.74, 6) is -6.69. The third-order valence-corrected chi connectivity index (χ3v) is 6.15. The fourth-order valence-electron chi connectivity index (χ4n) is 4.16. The van der Waals surface area contributed by atoms with Crippen molar-refractivity contribution in [3.05, 3.63) is 58.9 Å². The van der Waals surface area contributed by atoms with E-state index in [1.165, 1.54) is 32.2 Å². The number of primary amides is 1. The van der Waals surface area contributed by atoms with Gasteiger partial charge in [-0.3, -0.25) is 14.6 Å². The Labute approximate surface area is 186 Å². The Balaban J connectivity index is 2.07. The minimum atomic E-state index is -4.85. The summed E-state index contributed by atoms with van der Waals surface area (Å²) in [4.78, 5) is 28.1. The Hall–Kier alpha value is -3.08. The molecule has 1 aromatic carbocycles. The maximum atomic E-state index is 14.5. The molecule has 33 heavy (non-hydrogen) atoms. The highest BCUT2D eigenvalue weighted by Crippen LogP contribution is 2.54. The Morgan fingerprint density at radius 1 is 1.24 bits per heavy atom. The largest absolute Gasteiger partial charge is 0.417 e. The maximum Gasteiger partial charge on any atom is 0.417 e. The van der Waals surface area contributed by atoms with E-state index < -0.39 is 53.2 Å². The predicted octanol–water partition coefficient (Wildman–Crippen LogP) is 4.10. The van der Waals surface area contributed by atoms with E-state index in [-0.39, 0.29) is 28.9 Å². The van der Waals surface area contributed by atoms with E-state index in [9.17, 15) is 31.5 Å². The molecule has 1 saturated heterocycles. The molecule has 1 aromatic heterocycles. The number of nitrogens with two attached hydrogens (primary N) is 1. The first-order chi connectivity index (χ1) is 15.3. The van der Waals surface area contributed by atoms with Crippen molar-refractivity contribution in [2.45, 2.75) is 51.0 Å². The number of rotatable bonds is 5. The molecule has 1 fully saturated rings. The molecular formula is C22H22F5N3O3. The van der Waals surface area contributed by atoms with Crippen LogP contribution in [0, 0.1) is 17.6 Å². The second-order valence-corrected chi connectivity index (χ2v) is 8.02. The summed E-state index contributed by atoms with van der Waals surface area (Å²) in [5.41, 5.74) is 2.26. The van der Waals surface area contributed by atoms with E-state index >= 15 is 0 Å². The van der Waals surface area contributed by atoms with Crippen molar-refractivity contribution in [1.29, 1.82) is 0 Å². The van der Waals surface area contributed by atoms with Crippen LogP contribution < -0.4 is 11.1 Å². The van der Waals surface area contributed by atoms with Crippen molar-refractivity contribution in [3.8, 4) is 0 Å². The summed E-state index contributed by atoms with van der Waals surface area (Å²) in [6.07, 6.45) is -5.35. The molecule has 2 amide bonds. The number of nitrogens with one attached hydrogen (secondary N) is 1. The fourth-order valence-corrected chi connectivity index (χ4v) is 4.16. The van der Waals surface area contributed by atoms with Gasteiger partial charge in [0.25, 0.3) is 11.8 Å². The normalized spacial score (nSPS) is 25.2. The molecule has 2 aromatic rings. The number of carbonyl (C=O) groups excluding carboxylic acids is 2. The van der Waals surface area contributed by atoms with Crippen LogP contribution >= 0.6 is 0 Å². The van der Waals surface area contributed by atoms with Gasteiger partial charge in [0.1, 0.15) is 11.8 Å². The van der Waals surface area contributed by atoms with Gasteiger partial charge in [0, 0.05) is 23.7 Å². The second-order valence-electron chi connectivity index (χ2n) is 8.02. The number of anilines is 1. The minimum absolute atomic E-state index is 0.00839. The molecular weight excluding hydrogens is 449 g/mol. The summed E-state index contributed by atoms with van der Waals surface area (Å²) >= 11 is 0. The average molecular weight is 471 g/mol. The van der Waals surface area contributed by atoms with E-state index in [4.69, 9.17) is 10.5 Å². The lowest BCUT2D eigenvalue weighted by Crippen LogP contribution is -2.47. The van der Waals surface area contributed by atoms with E-state index in [1.54, 1.807) is 0 Å². The number of amides is 2. The van der Waals surface area contributed by atoms with Crippen LogP contribution in [-0.4, -0.2) is 34.7 Å². The molecule has 2 heterocycles. The van der Waals surface area contributed by atoms with Gasteiger partial charge in [0.15, 0.2) is 17.2 Å². The minimum Gasteiger partial charge on any atom is -0.364 e. The number of hydrogen-bond donors (Lipinski definition) is 2. The van der Waals surface area contributed by atoms with Gasteiger partial charge in [-0.2, -0.15) is 13.2 Å². The molecule has 6 nitrogen and oxygen atoms in total. The zero-order valence-corrected chi connectivity index (χ0v) is 18.0. The summed E-state index contributed by atoms with van der Waals surface area (Å²) in [5, 5.41) is 2.41. The van der Waals surface area contributed by atoms with Crippen molar-refractivity contribution >= 4 is 17.5 Å². The second kappa shape index (κ2) is 8.69. The van der Waals surface area contributed by atoms with Gasteiger partial charge in [-0.15, -0.1) is 0 Å². The number of carbonyl (C=O) groups is 2. The topological polar surface area (TPSA) is 94.3 Å². The van der Waals surface area contributed by atoms with Gasteiger partial charge in [-0.25, -0.2) is 8.78 Å². The van der Waals surface area contributed by atoms with Crippen molar-refractivity contribution in [2.24, 2.45) is 11.7 Å². The molecule has 0 spiro atoms. The summed E-state index contributed by atoms with van der Waals surface area (Å²) in [6.45, 7) is 3.60. The molecule has 0 aliphatic carbocycles. The van der Waals surface area contributed by atoms with Crippen LogP contribution in [0.4, 0.5) is 27.6 Å². The van der Waals surface area contributed by atoms with Crippen molar-refractivity contribution in [3.63, 3.8) is 0 Å². The highest BCUT2D eigenvalue weighted by Gasteiger charge is 2.65. The highest BCUT2D eigenvalue weighted by molar-refractivity contribution is 5.97. The summed E-state index contributed by atoms with van der Waals surface area (Å²) in [7, 11) is 0. The molecule has 1 aliphatic rings. The third kappa shape index (κ3) is 4.29. The van der Waals surface area contributed by atoms with E-state index in [2.05, 4.69) is 10.3 Å². The lowest BCUT2D eigenvalue weighted by molar-refractivity contribution is -0.272. The highest BCUT2D eigenvalue weighted by atomic mass is 19.4. The number of alkyl halides is 3. The SMILES string of the molecule is CCc1c([C@@H]2[C@H](C(=O)Nc3ccnc(C(N)=O)c3)O[C@](C)(C(F)(F)F)[C@H]2C)ccc(F)c1F. The van der Waals surface area contributed by atoms with Crippen LogP contribution in [0.15, 0.2) is 30.5 Å². The molecule has 178 valence electrons. The molecule has 1 aliphatic heterocycles. The molecule has 0 unspecified atom stereocenters. The Morgan fingerprint density at radius 3 is 2.48 bits per heavy atom. The fraction of sp³-hybridized carbons (Fsp3) is 0.409. The quantitative estimate of drug-likeness (QED) is 0.642. The molecule has 0 radical (unpaired) electrons. The molecule has 11 heteroatoms. The monoisotopic (exact) mass is 471 g/mol. The van der Waals surface area contributed by atoms with Gasteiger partial charge in [-0.05, 0) is 42.7 Å². The number of halogens is 5. The number of pyridine rings is 1. The number of benzene rings is 1. The molecule has 0 saturated carbocycles. The van der Waals surface area contributed by atoms with Gasteiger partial charge in [0.2, 0.25) is 0 Å². The molecule has 3 rings (SSSR count). The first-order valence-corrected chi connectivity index (χ1v) is 10.1. The smallest absolute Gasteiger partial charge is 0.364 e. The standard InChI is InChI=1S/C22H22F5N3O3/c1-4-12-13(5-6-14(23)17(12)24)16-10(2)21(3,22(25,26)27)33-18(16)20(32)30-11-7-8-29-15(9-11)19(28)31/h5-10,16,18H,4H2,1-3H3,(H2,28,31)(H,29,30,32)/t10-,16+,18+,21-/m0/s1. The number of hydrogen-bond acceptors (Lipinski definition) is 4. The van der Waals surface area contributed by atoms with Gasteiger partial charge >= 0.3 is 6.18 Å². The van der Waals surface area contributed by atoms with Crippen LogP contribution in [0.5, 0.6) is 0 Å². The predicted molar refractivity (Wildman–Crippen MR) is 108 cm³/mol. The van der Waals surface area contributed by atoms with Crippen LogP contribution in [0.25, 0.3) is 0 Å². The van der Waals surface area contributed by atoms with Gasteiger partial charge in [-0.1, -0.05) is 19.9 Å². The molecule has 3 N–H and O–H groups in total. The zero-order chi connectivity index (χ0) is 24.7. The van der Waals surface area contributed by atoms with Crippen LogP contribution in [-0.2, 0) is 16.0 Å². The molecule has 0 bridgehead atoms. The molecule has 4 atom stereocenters. The van der Waals surface area contributed by atoms with Crippen LogP contribution in [0.1, 0.15) is 48.3 Å². The van der Waals surface area contributed by atoms with Crippen molar-refractivity contribution in [2.75, 3.05) is 5.32 Å². The summed E-state index contributed by atoms with van der Waals surface area (Å²) in [6, 6.07) is 4.47. The summed E-state index contributed by atoms with van der Waals surface area (Å²) < 4.78 is 75.5. The first-order valence-electron chi connectivity index (χ1n) is 10.1. The van der Waals surface area contributed by atoms with E-state index in [0.29, 0.717) is 0 Å². The van der Waals surface area contributed by atoms with E-state index in [0.717, 1.165) is 19.1 Å². The number of aromatic nitrogens is 1. The maximum absolute atomic E-state index is 14.5. The van der Waals surface area contributed by atoms with Gasteiger partial charge in [0.05, 0.1) is 0 Å². The van der Waals surface area contributed by atoms with Crippen molar-refractivity contribution < 1.29 is 36.3 Å². The number of ether oxygens (including phenoxy) is 1. The first kappa shape index (κ1) is 24.6. The number of nitrogens with zero attached hydrogens (tertiary/aromatic N) is 1. The third-order valence-electron chi connectivity index (χ3n) is 6.15. The Bertz CT molecular complexity index is 1090. The zero-order valence-electron chi connectivity index (χ0n) is 18.0. The lowest BCUT2D eigenvalue weighted by Gasteiger charge is -2.32. The van der Waals surface area contributed by atoms with E-state index in [1.807, 2.05) is 0 Å². The van der Waals surface area contributed by atoms with Crippen molar-refractivity contribution in [1.82, 2.24) is 4.98 Å². The Morgan fingerprint density at radius 2 is 1.91 bits per heavy atom. The lowest BCUT2D eigenvalue weighted by atomic mass is 9.75. The Kier molecular flexibility index (Phi) is 6.47.